The molecule has 0 aliphatic carbocycles. The molecular weight excluding hydrogens is 380 g/mol. The summed E-state index contributed by atoms with van der Waals surface area (Å²) in [5.41, 5.74) is 0.535. The lowest BCUT2D eigenvalue weighted by molar-refractivity contribution is -0.119. The Hall–Kier alpha value is -3.55. The van der Waals surface area contributed by atoms with Crippen molar-refractivity contribution < 1.29 is 18.4 Å². The molecule has 3 rings (SSSR count). The van der Waals surface area contributed by atoms with Crippen LogP contribution in [0.5, 0.6) is 0 Å². The lowest BCUT2D eigenvalue weighted by Gasteiger charge is -2.11. The number of halogens is 2. The summed E-state index contributed by atoms with van der Waals surface area (Å²) in [6.45, 7) is 2.05. The van der Waals surface area contributed by atoms with Crippen LogP contribution in [-0.2, 0) is 22.6 Å². The monoisotopic (exact) mass is 399 g/mol. The molecule has 0 spiro atoms. The first-order valence-corrected chi connectivity index (χ1v) is 8.95. The summed E-state index contributed by atoms with van der Waals surface area (Å²) < 4.78 is 27.8. The highest BCUT2D eigenvalue weighted by molar-refractivity contribution is 6.02. The van der Waals surface area contributed by atoms with Crippen molar-refractivity contribution in [3.63, 3.8) is 0 Å². The summed E-state index contributed by atoms with van der Waals surface area (Å²) in [7, 11) is 0. The highest BCUT2D eigenvalue weighted by Gasteiger charge is 2.11. The third-order valence-corrected chi connectivity index (χ3v) is 4.37. The molecule has 3 aromatic rings. The standard InChI is InChI=1S/C21H19F2N3O3/c1-13(27)24-8-10-26-9-7-15-16(21(26)29)3-2-4-19(15)25-20(28)12-14-5-6-17(22)18(23)11-14/h2-7,9,11H,8,10,12H2,1H3,(H,24,27)(H,25,28). The van der Waals surface area contributed by atoms with Gasteiger partial charge < -0.3 is 15.2 Å². The average molecular weight is 399 g/mol. The Balaban J connectivity index is 1.79. The highest BCUT2D eigenvalue weighted by atomic mass is 19.2. The number of nitrogens with one attached hydrogen (secondary N) is 2. The van der Waals surface area contributed by atoms with Gasteiger partial charge in [-0.2, -0.15) is 0 Å². The molecule has 2 aromatic carbocycles. The molecular formula is C21H19F2N3O3. The van der Waals surface area contributed by atoms with Gasteiger partial charge >= 0.3 is 0 Å². The van der Waals surface area contributed by atoms with Gasteiger partial charge in [-0.15, -0.1) is 0 Å². The normalized spacial score (nSPS) is 10.7. The van der Waals surface area contributed by atoms with Crippen molar-refractivity contribution in [1.82, 2.24) is 9.88 Å². The topological polar surface area (TPSA) is 80.2 Å². The third-order valence-electron chi connectivity index (χ3n) is 4.37. The molecule has 29 heavy (non-hydrogen) atoms. The van der Waals surface area contributed by atoms with E-state index >= 15 is 0 Å². The smallest absolute Gasteiger partial charge is 0.258 e. The zero-order chi connectivity index (χ0) is 21.0. The number of hydrogen-bond donors (Lipinski definition) is 2. The van der Waals surface area contributed by atoms with Gasteiger partial charge in [0.1, 0.15) is 0 Å². The van der Waals surface area contributed by atoms with Crippen LogP contribution in [-0.4, -0.2) is 22.9 Å². The van der Waals surface area contributed by atoms with Crippen LogP contribution in [0, 0.1) is 11.6 Å². The average Bonchev–Trinajstić information content (AvgIpc) is 2.67. The van der Waals surface area contributed by atoms with E-state index in [-0.39, 0.29) is 17.9 Å². The number of hydrogen-bond acceptors (Lipinski definition) is 3. The van der Waals surface area contributed by atoms with Gasteiger partial charge in [0.2, 0.25) is 11.8 Å². The predicted molar refractivity (Wildman–Crippen MR) is 106 cm³/mol. The van der Waals surface area contributed by atoms with E-state index in [1.165, 1.54) is 17.6 Å². The number of rotatable bonds is 6. The van der Waals surface area contributed by atoms with Crippen LogP contribution in [0.25, 0.3) is 10.8 Å². The van der Waals surface area contributed by atoms with E-state index in [4.69, 9.17) is 0 Å². The van der Waals surface area contributed by atoms with Gasteiger partial charge in [0.05, 0.1) is 6.42 Å². The zero-order valence-corrected chi connectivity index (χ0v) is 15.7. The van der Waals surface area contributed by atoms with Crippen LogP contribution in [0.15, 0.2) is 53.5 Å². The van der Waals surface area contributed by atoms with Crippen LogP contribution in [0.4, 0.5) is 14.5 Å². The van der Waals surface area contributed by atoms with E-state index in [9.17, 15) is 23.2 Å². The summed E-state index contributed by atoms with van der Waals surface area (Å²) in [6.07, 6.45) is 1.46. The molecule has 2 N–H and O–H groups in total. The maximum absolute atomic E-state index is 13.3. The summed E-state index contributed by atoms with van der Waals surface area (Å²) in [5, 5.41) is 6.32. The lowest BCUT2D eigenvalue weighted by atomic mass is 10.1. The number of pyridine rings is 1. The molecule has 8 heteroatoms. The minimum Gasteiger partial charge on any atom is -0.355 e. The number of amides is 2. The Kier molecular flexibility index (Phi) is 6.01. The Bertz CT molecular complexity index is 1140. The molecule has 0 aliphatic heterocycles. The first kappa shape index (κ1) is 20.2. The van der Waals surface area contributed by atoms with Gasteiger partial charge in [-0.25, -0.2) is 8.78 Å². The summed E-state index contributed by atoms with van der Waals surface area (Å²) in [4.78, 5) is 36.0. The molecule has 0 saturated carbocycles. The fraction of sp³-hybridized carbons (Fsp3) is 0.190. The van der Waals surface area contributed by atoms with Crippen LogP contribution in [0.1, 0.15) is 12.5 Å². The van der Waals surface area contributed by atoms with Crippen molar-refractivity contribution in [2.45, 2.75) is 19.9 Å². The molecule has 0 radical (unpaired) electrons. The maximum atomic E-state index is 13.3. The quantitative estimate of drug-likeness (QED) is 0.669. The van der Waals surface area contributed by atoms with E-state index < -0.39 is 17.5 Å². The largest absolute Gasteiger partial charge is 0.355 e. The Morgan fingerprint density at radius 2 is 1.83 bits per heavy atom. The van der Waals surface area contributed by atoms with Gasteiger partial charge in [0.25, 0.3) is 5.56 Å². The van der Waals surface area contributed by atoms with E-state index in [1.807, 2.05) is 0 Å². The van der Waals surface area contributed by atoms with Crippen LogP contribution >= 0.6 is 0 Å². The SMILES string of the molecule is CC(=O)NCCn1ccc2c(NC(=O)Cc3ccc(F)c(F)c3)cccc2c1=O. The van der Waals surface area contributed by atoms with Gasteiger partial charge in [0.15, 0.2) is 11.6 Å². The lowest BCUT2D eigenvalue weighted by Crippen LogP contribution is -2.29. The Morgan fingerprint density at radius 3 is 2.55 bits per heavy atom. The molecule has 0 saturated heterocycles. The number of nitrogens with zero attached hydrogens (tertiary/aromatic N) is 1. The first-order chi connectivity index (χ1) is 13.8. The molecule has 0 atom stereocenters. The molecule has 1 heterocycles. The second-order valence-corrected chi connectivity index (χ2v) is 6.54. The predicted octanol–water partition coefficient (Wildman–Crippen LogP) is 2.60. The number of anilines is 1. The zero-order valence-electron chi connectivity index (χ0n) is 15.7. The Morgan fingerprint density at radius 1 is 1.03 bits per heavy atom. The minimum atomic E-state index is -1.01. The first-order valence-electron chi connectivity index (χ1n) is 8.95. The minimum absolute atomic E-state index is 0.138. The van der Waals surface area contributed by atoms with Crippen molar-refractivity contribution in [3.05, 3.63) is 76.2 Å². The number of fused-ring (bicyclic) bond motifs is 1. The van der Waals surface area contributed by atoms with Crippen LogP contribution in [0.2, 0.25) is 0 Å². The molecule has 6 nitrogen and oxygen atoms in total. The molecule has 1 aromatic heterocycles. The summed E-state index contributed by atoms with van der Waals surface area (Å²) >= 11 is 0. The molecule has 150 valence electrons. The third kappa shape index (κ3) is 4.84. The number of carbonyl (C=O) groups is 2. The van der Waals surface area contributed by atoms with Crippen molar-refractivity contribution in [2.24, 2.45) is 0 Å². The van der Waals surface area contributed by atoms with Crippen molar-refractivity contribution >= 4 is 28.3 Å². The number of benzene rings is 2. The number of aromatic nitrogens is 1. The number of carbonyl (C=O) groups excluding carboxylic acids is 2. The van der Waals surface area contributed by atoms with Crippen molar-refractivity contribution in [3.8, 4) is 0 Å². The molecule has 2 amide bonds. The molecule has 0 aliphatic rings. The summed E-state index contributed by atoms with van der Waals surface area (Å²) in [6, 6.07) is 9.96. The van der Waals surface area contributed by atoms with Crippen molar-refractivity contribution in [2.75, 3.05) is 11.9 Å². The van der Waals surface area contributed by atoms with E-state index in [1.54, 1.807) is 30.5 Å². The van der Waals surface area contributed by atoms with Gasteiger partial charge in [-0.3, -0.25) is 14.4 Å². The Labute approximate surface area is 165 Å². The second kappa shape index (κ2) is 8.64. The fourth-order valence-corrected chi connectivity index (χ4v) is 2.99. The van der Waals surface area contributed by atoms with E-state index in [2.05, 4.69) is 10.6 Å². The van der Waals surface area contributed by atoms with Gasteiger partial charge in [-0.05, 0) is 35.9 Å². The summed E-state index contributed by atoms with van der Waals surface area (Å²) in [5.74, 6) is -2.58. The van der Waals surface area contributed by atoms with Crippen molar-refractivity contribution in [1.29, 1.82) is 0 Å². The highest BCUT2D eigenvalue weighted by Crippen LogP contribution is 2.21. The molecule has 0 bridgehead atoms. The van der Waals surface area contributed by atoms with Gasteiger partial charge in [0, 0.05) is 42.7 Å². The van der Waals surface area contributed by atoms with E-state index in [0.29, 0.717) is 35.1 Å². The van der Waals surface area contributed by atoms with Gasteiger partial charge in [-0.1, -0.05) is 12.1 Å². The second-order valence-electron chi connectivity index (χ2n) is 6.54. The molecule has 0 fully saturated rings. The fourth-order valence-electron chi connectivity index (χ4n) is 2.99. The van der Waals surface area contributed by atoms with Crippen LogP contribution < -0.4 is 16.2 Å². The van der Waals surface area contributed by atoms with Crippen LogP contribution in [0.3, 0.4) is 0 Å². The maximum Gasteiger partial charge on any atom is 0.258 e. The molecule has 0 unspecified atom stereocenters. The van der Waals surface area contributed by atoms with E-state index in [0.717, 1.165) is 12.1 Å².